The zero-order chi connectivity index (χ0) is 12.3. The van der Waals surface area contributed by atoms with Crippen molar-refractivity contribution in [2.45, 2.75) is 25.4 Å². The van der Waals surface area contributed by atoms with Gasteiger partial charge in [-0.2, -0.15) is 0 Å². The molecule has 0 aliphatic carbocycles. The van der Waals surface area contributed by atoms with Gasteiger partial charge in [-0.25, -0.2) is 4.39 Å². The lowest BCUT2D eigenvalue weighted by molar-refractivity contribution is -0.146. The quantitative estimate of drug-likeness (QED) is 0.818. The van der Waals surface area contributed by atoms with Crippen molar-refractivity contribution in [2.24, 2.45) is 5.73 Å². The zero-order valence-corrected chi connectivity index (χ0v) is 9.40. The lowest BCUT2D eigenvalue weighted by Gasteiger charge is -2.30. The van der Waals surface area contributed by atoms with E-state index in [4.69, 9.17) is 5.73 Å². The van der Waals surface area contributed by atoms with E-state index in [0.29, 0.717) is 5.56 Å². The summed E-state index contributed by atoms with van der Waals surface area (Å²) in [6.07, 6.45) is -1.54. The predicted molar refractivity (Wildman–Crippen MR) is 60.1 cm³/mol. The van der Waals surface area contributed by atoms with Crippen molar-refractivity contribution < 1.29 is 14.3 Å². The molecule has 0 saturated carbocycles. The molecule has 0 radical (unpaired) electrons. The van der Waals surface area contributed by atoms with Crippen molar-refractivity contribution in [3.63, 3.8) is 0 Å². The average molecular weight is 225 g/mol. The van der Waals surface area contributed by atoms with Crippen LogP contribution in [0.15, 0.2) is 24.3 Å². The van der Waals surface area contributed by atoms with Crippen LogP contribution in [-0.4, -0.2) is 23.8 Å². The van der Waals surface area contributed by atoms with Crippen molar-refractivity contribution in [2.75, 3.05) is 6.54 Å². The van der Waals surface area contributed by atoms with Crippen molar-refractivity contribution in [3.8, 4) is 0 Å². The van der Waals surface area contributed by atoms with E-state index in [0.717, 1.165) is 5.56 Å². The largest absolute Gasteiger partial charge is 0.480 e. The van der Waals surface area contributed by atoms with E-state index in [2.05, 4.69) is 0 Å². The maximum Gasteiger partial charge on any atom is 0.318 e. The van der Waals surface area contributed by atoms with Gasteiger partial charge in [0.2, 0.25) is 0 Å². The molecule has 0 amide bonds. The Kier molecular flexibility index (Phi) is 3.65. The highest BCUT2D eigenvalue weighted by molar-refractivity contribution is 5.82. The topological polar surface area (TPSA) is 63.3 Å². The molecule has 0 aliphatic heterocycles. The standard InChI is InChI=1S/C12H16FNO2/c1-8-4-3-5-10(6-8)12(7-14,9(2)13)11(15)16/h3-6,9H,7,14H2,1-2H3,(H,15,16). The van der Waals surface area contributed by atoms with Crippen LogP contribution in [0.25, 0.3) is 0 Å². The first-order valence-electron chi connectivity index (χ1n) is 5.10. The van der Waals surface area contributed by atoms with Gasteiger partial charge in [-0.3, -0.25) is 4.79 Å². The second-order valence-corrected chi connectivity index (χ2v) is 3.97. The third kappa shape index (κ3) is 1.93. The van der Waals surface area contributed by atoms with Gasteiger partial charge in [0.15, 0.2) is 0 Å². The summed E-state index contributed by atoms with van der Waals surface area (Å²) in [6.45, 7) is 2.79. The van der Waals surface area contributed by atoms with Gasteiger partial charge in [0.05, 0.1) is 0 Å². The Bertz CT molecular complexity index is 392. The van der Waals surface area contributed by atoms with Crippen LogP contribution < -0.4 is 5.73 Å². The summed E-state index contributed by atoms with van der Waals surface area (Å²) < 4.78 is 13.6. The van der Waals surface area contributed by atoms with Gasteiger partial charge in [0.1, 0.15) is 11.6 Å². The molecule has 0 bridgehead atoms. The van der Waals surface area contributed by atoms with Gasteiger partial charge < -0.3 is 10.8 Å². The molecule has 0 heterocycles. The second-order valence-electron chi connectivity index (χ2n) is 3.97. The van der Waals surface area contributed by atoms with Gasteiger partial charge in [-0.15, -0.1) is 0 Å². The molecule has 3 nitrogen and oxygen atoms in total. The molecular formula is C12H16FNO2. The van der Waals surface area contributed by atoms with Crippen LogP contribution in [-0.2, 0) is 10.2 Å². The van der Waals surface area contributed by atoms with Crippen molar-refractivity contribution in [1.29, 1.82) is 0 Å². The van der Waals surface area contributed by atoms with Crippen molar-refractivity contribution in [3.05, 3.63) is 35.4 Å². The molecule has 2 unspecified atom stereocenters. The molecule has 88 valence electrons. The van der Waals surface area contributed by atoms with Crippen LogP contribution in [0, 0.1) is 6.92 Å². The number of rotatable bonds is 4. The van der Waals surface area contributed by atoms with E-state index in [-0.39, 0.29) is 6.54 Å². The van der Waals surface area contributed by atoms with Crippen LogP contribution >= 0.6 is 0 Å². The Labute approximate surface area is 94.1 Å². The highest BCUT2D eigenvalue weighted by atomic mass is 19.1. The normalized spacial score (nSPS) is 16.5. The lowest BCUT2D eigenvalue weighted by Crippen LogP contribution is -2.49. The number of aliphatic carboxylic acids is 1. The number of benzene rings is 1. The number of carboxylic acids is 1. The second kappa shape index (κ2) is 4.61. The number of nitrogens with two attached hydrogens (primary N) is 1. The number of carbonyl (C=O) groups is 1. The molecule has 0 aromatic heterocycles. The molecule has 1 rings (SSSR count). The molecule has 0 fully saturated rings. The summed E-state index contributed by atoms with van der Waals surface area (Å²) in [5.41, 5.74) is 5.12. The first-order valence-corrected chi connectivity index (χ1v) is 5.10. The van der Waals surface area contributed by atoms with Gasteiger partial charge in [0, 0.05) is 6.54 Å². The SMILES string of the molecule is Cc1cccc(C(CN)(C(=O)O)C(C)F)c1. The third-order valence-corrected chi connectivity index (χ3v) is 2.92. The highest BCUT2D eigenvalue weighted by Crippen LogP contribution is 2.30. The van der Waals surface area contributed by atoms with Crippen molar-refractivity contribution in [1.82, 2.24) is 0 Å². The highest BCUT2D eigenvalue weighted by Gasteiger charge is 2.45. The zero-order valence-electron chi connectivity index (χ0n) is 9.40. The molecule has 1 aromatic carbocycles. The molecule has 1 aromatic rings. The summed E-state index contributed by atoms with van der Waals surface area (Å²) in [4.78, 5) is 11.3. The Morgan fingerprint density at radius 2 is 2.25 bits per heavy atom. The Morgan fingerprint density at radius 3 is 2.62 bits per heavy atom. The maximum absolute atomic E-state index is 13.6. The van der Waals surface area contributed by atoms with E-state index in [1.54, 1.807) is 18.2 Å². The Balaban J connectivity index is 3.36. The smallest absolute Gasteiger partial charge is 0.318 e. The molecule has 3 N–H and O–H groups in total. The van der Waals surface area contributed by atoms with Gasteiger partial charge in [-0.05, 0) is 19.4 Å². The van der Waals surface area contributed by atoms with Crippen LogP contribution in [0.4, 0.5) is 4.39 Å². The molecule has 0 saturated heterocycles. The monoisotopic (exact) mass is 225 g/mol. The van der Waals surface area contributed by atoms with Crippen LogP contribution in [0.2, 0.25) is 0 Å². The number of halogens is 1. The van der Waals surface area contributed by atoms with Gasteiger partial charge in [0.25, 0.3) is 0 Å². The molecule has 2 atom stereocenters. The van der Waals surface area contributed by atoms with Gasteiger partial charge >= 0.3 is 5.97 Å². The molecule has 16 heavy (non-hydrogen) atoms. The first kappa shape index (κ1) is 12.6. The van der Waals surface area contributed by atoms with E-state index < -0.39 is 17.6 Å². The van der Waals surface area contributed by atoms with Crippen LogP contribution in [0.3, 0.4) is 0 Å². The van der Waals surface area contributed by atoms with E-state index in [1.165, 1.54) is 6.92 Å². The summed E-state index contributed by atoms with van der Waals surface area (Å²) in [5.74, 6) is -1.23. The molecule has 4 heteroatoms. The first-order chi connectivity index (χ1) is 7.45. The number of aryl methyl sites for hydroxylation is 1. The average Bonchev–Trinajstić information content (AvgIpc) is 2.18. The van der Waals surface area contributed by atoms with E-state index in [9.17, 15) is 14.3 Å². The Hall–Kier alpha value is -1.42. The fraction of sp³-hybridized carbons (Fsp3) is 0.417. The minimum absolute atomic E-state index is 0.260. The summed E-state index contributed by atoms with van der Waals surface area (Å²) in [5, 5.41) is 9.22. The maximum atomic E-state index is 13.6. The number of carboxylic acid groups (broad SMARTS) is 1. The van der Waals surface area contributed by atoms with Gasteiger partial charge in [-0.1, -0.05) is 29.8 Å². The minimum atomic E-state index is -1.65. The summed E-state index contributed by atoms with van der Waals surface area (Å²) >= 11 is 0. The number of alkyl halides is 1. The van der Waals surface area contributed by atoms with Crippen molar-refractivity contribution >= 4 is 5.97 Å². The lowest BCUT2D eigenvalue weighted by atomic mass is 9.76. The van der Waals surface area contributed by atoms with Crippen LogP contribution in [0.1, 0.15) is 18.1 Å². The molecular weight excluding hydrogens is 209 g/mol. The third-order valence-electron chi connectivity index (χ3n) is 2.92. The fourth-order valence-corrected chi connectivity index (χ4v) is 1.81. The van der Waals surface area contributed by atoms with Crippen LogP contribution in [0.5, 0.6) is 0 Å². The molecule has 0 spiro atoms. The fourth-order valence-electron chi connectivity index (χ4n) is 1.81. The molecule has 0 aliphatic rings. The number of hydrogen-bond donors (Lipinski definition) is 2. The minimum Gasteiger partial charge on any atom is -0.480 e. The Morgan fingerprint density at radius 1 is 1.62 bits per heavy atom. The number of hydrogen-bond acceptors (Lipinski definition) is 2. The van der Waals surface area contributed by atoms with E-state index >= 15 is 0 Å². The summed E-state index contributed by atoms with van der Waals surface area (Å²) in [7, 11) is 0. The predicted octanol–water partition coefficient (Wildman–Crippen LogP) is 1.63. The summed E-state index contributed by atoms with van der Waals surface area (Å²) in [6, 6.07) is 6.80. The van der Waals surface area contributed by atoms with E-state index in [1.807, 2.05) is 13.0 Å².